The average Bonchev–Trinajstić information content (AvgIpc) is 3.13. The zero-order chi connectivity index (χ0) is 15.9. The number of nitrogens with zero attached hydrogens (tertiary/aromatic N) is 1. The number of hydrogen-bond acceptors (Lipinski definition) is 3. The Hall–Kier alpha value is -2.80. The second-order valence-corrected chi connectivity index (χ2v) is 4.73. The fraction of sp³-hybridized carbons (Fsp3) is 0.0714. The van der Waals surface area contributed by atoms with Crippen molar-refractivity contribution in [2.24, 2.45) is 0 Å². The van der Waals surface area contributed by atoms with Crippen molar-refractivity contribution in [2.45, 2.75) is 6.92 Å². The number of hydrazine groups is 1. The number of carbonyl (C=O) groups excluding carboxylic acids is 2. The van der Waals surface area contributed by atoms with Crippen LogP contribution in [0, 0.1) is 6.92 Å². The summed E-state index contributed by atoms with van der Waals surface area (Å²) < 4.78 is 0. The van der Waals surface area contributed by atoms with E-state index in [4.69, 9.17) is 11.6 Å². The van der Waals surface area contributed by atoms with Crippen molar-refractivity contribution in [3.63, 3.8) is 0 Å². The molecular formula is C14H14ClN5O2. The molecule has 3 rings (SSSR count). The van der Waals surface area contributed by atoms with Crippen molar-refractivity contribution in [1.29, 1.82) is 0 Å². The van der Waals surface area contributed by atoms with Gasteiger partial charge in [0.05, 0.1) is 11.7 Å². The lowest BCUT2D eigenvalue weighted by Crippen LogP contribution is -2.36. The Bertz CT molecular complexity index is 767. The van der Waals surface area contributed by atoms with E-state index in [2.05, 4.69) is 20.4 Å². The molecule has 0 aliphatic heterocycles. The van der Waals surface area contributed by atoms with Crippen molar-refractivity contribution in [1.82, 2.24) is 25.8 Å². The second kappa shape index (κ2) is 7.28. The molecular weight excluding hydrogens is 306 g/mol. The number of halogens is 1. The van der Waals surface area contributed by atoms with Crippen molar-refractivity contribution < 1.29 is 9.59 Å². The minimum absolute atomic E-state index is 0.373. The van der Waals surface area contributed by atoms with Gasteiger partial charge in [0.25, 0.3) is 5.91 Å². The first kappa shape index (κ1) is 15.6. The molecule has 114 valence electrons. The lowest BCUT2D eigenvalue weighted by atomic mass is 10.3. The first-order valence-electron chi connectivity index (χ1n) is 6.34. The second-order valence-electron chi connectivity index (χ2n) is 4.35. The summed E-state index contributed by atoms with van der Waals surface area (Å²) in [5.41, 5.74) is 6.75. The number of H-pyrrole nitrogens is 2. The summed E-state index contributed by atoms with van der Waals surface area (Å²) >= 11 is 5.70. The third kappa shape index (κ3) is 4.10. The SMILES string of the molecule is Cc1cc2cc(Cl)ncc2[nH]1.O=CNNC(=O)c1ccc[nH]1. The van der Waals surface area contributed by atoms with Crippen molar-refractivity contribution in [3.8, 4) is 0 Å². The number of aromatic nitrogens is 3. The van der Waals surface area contributed by atoms with Crippen LogP contribution in [-0.2, 0) is 4.79 Å². The van der Waals surface area contributed by atoms with Crippen LogP contribution in [0.4, 0.5) is 0 Å². The molecule has 3 aromatic heterocycles. The summed E-state index contributed by atoms with van der Waals surface area (Å²) in [6, 6.07) is 7.18. The van der Waals surface area contributed by atoms with Crippen LogP contribution >= 0.6 is 11.6 Å². The Morgan fingerprint density at radius 1 is 1.41 bits per heavy atom. The zero-order valence-electron chi connectivity index (χ0n) is 11.7. The standard InChI is InChI=1S/C8H7ClN2.C6H7N3O2/c1-5-2-6-3-8(9)10-4-7(6)11-5;10-4-8-9-6(11)5-2-1-3-7-5/h2-4,11H,1H3;1-4,7H,(H,8,10)(H,9,11). The summed E-state index contributed by atoms with van der Waals surface area (Å²) in [5, 5.41) is 1.65. The number of hydrogen-bond donors (Lipinski definition) is 4. The molecule has 0 atom stereocenters. The van der Waals surface area contributed by atoms with E-state index < -0.39 is 0 Å². The minimum atomic E-state index is -0.373. The highest BCUT2D eigenvalue weighted by molar-refractivity contribution is 6.30. The normalized spacial score (nSPS) is 9.73. The van der Waals surface area contributed by atoms with Gasteiger partial charge in [0.15, 0.2) is 0 Å². The van der Waals surface area contributed by atoms with Crippen LogP contribution in [0.5, 0.6) is 0 Å². The highest BCUT2D eigenvalue weighted by atomic mass is 35.5. The Labute approximate surface area is 131 Å². The molecule has 0 saturated carbocycles. The molecule has 2 amide bonds. The smallest absolute Gasteiger partial charge is 0.286 e. The summed E-state index contributed by atoms with van der Waals surface area (Å²) in [6.45, 7) is 2.01. The fourth-order valence-corrected chi connectivity index (χ4v) is 1.95. The lowest BCUT2D eigenvalue weighted by Gasteiger charge is -1.98. The third-order valence-corrected chi connectivity index (χ3v) is 2.90. The number of aromatic amines is 2. The van der Waals surface area contributed by atoms with E-state index in [0.29, 0.717) is 17.3 Å². The van der Waals surface area contributed by atoms with Crippen LogP contribution in [-0.4, -0.2) is 27.3 Å². The number of pyridine rings is 1. The molecule has 0 saturated heterocycles. The molecule has 0 aromatic carbocycles. The number of carbonyl (C=O) groups is 2. The van der Waals surface area contributed by atoms with Gasteiger partial charge in [0, 0.05) is 17.3 Å². The van der Waals surface area contributed by atoms with Crippen LogP contribution in [0.3, 0.4) is 0 Å². The fourth-order valence-electron chi connectivity index (χ4n) is 1.78. The van der Waals surface area contributed by atoms with Crippen LogP contribution < -0.4 is 10.9 Å². The van der Waals surface area contributed by atoms with Gasteiger partial charge < -0.3 is 9.97 Å². The molecule has 0 aliphatic carbocycles. The average molecular weight is 320 g/mol. The van der Waals surface area contributed by atoms with Gasteiger partial charge in [-0.1, -0.05) is 11.6 Å². The van der Waals surface area contributed by atoms with E-state index >= 15 is 0 Å². The summed E-state index contributed by atoms with van der Waals surface area (Å²) in [4.78, 5) is 30.4. The third-order valence-electron chi connectivity index (χ3n) is 2.69. The molecule has 0 spiro atoms. The maximum Gasteiger partial charge on any atom is 0.286 e. The quantitative estimate of drug-likeness (QED) is 0.337. The van der Waals surface area contributed by atoms with Gasteiger partial charge in [-0.25, -0.2) is 4.98 Å². The Balaban J connectivity index is 0.000000160. The zero-order valence-corrected chi connectivity index (χ0v) is 12.4. The summed E-state index contributed by atoms with van der Waals surface area (Å²) in [7, 11) is 0. The predicted octanol–water partition coefficient (Wildman–Crippen LogP) is 1.93. The Morgan fingerprint density at radius 3 is 2.91 bits per heavy atom. The number of nitrogens with one attached hydrogen (secondary N) is 4. The van der Waals surface area contributed by atoms with Gasteiger partial charge in [0.1, 0.15) is 10.8 Å². The van der Waals surface area contributed by atoms with Crippen molar-refractivity contribution >= 4 is 34.8 Å². The maximum atomic E-state index is 10.9. The molecule has 3 heterocycles. The minimum Gasteiger partial charge on any atom is -0.357 e. The lowest BCUT2D eigenvalue weighted by molar-refractivity contribution is -0.110. The van der Waals surface area contributed by atoms with Crippen molar-refractivity contribution in [2.75, 3.05) is 0 Å². The molecule has 0 bridgehead atoms. The predicted molar refractivity (Wildman–Crippen MR) is 83.3 cm³/mol. The monoisotopic (exact) mass is 319 g/mol. The van der Waals surface area contributed by atoms with Gasteiger partial charge in [0.2, 0.25) is 6.41 Å². The highest BCUT2D eigenvalue weighted by Gasteiger charge is 2.02. The maximum absolute atomic E-state index is 10.9. The molecule has 22 heavy (non-hydrogen) atoms. The molecule has 4 N–H and O–H groups in total. The molecule has 7 nitrogen and oxygen atoms in total. The summed E-state index contributed by atoms with van der Waals surface area (Å²) in [5.74, 6) is -0.373. The van der Waals surface area contributed by atoms with Gasteiger partial charge >= 0.3 is 0 Å². The Morgan fingerprint density at radius 2 is 2.23 bits per heavy atom. The largest absolute Gasteiger partial charge is 0.357 e. The van der Waals surface area contributed by atoms with Gasteiger partial charge in [-0.15, -0.1) is 0 Å². The van der Waals surface area contributed by atoms with Crippen LogP contribution in [0.1, 0.15) is 16.2 Å². The molecule has 0 radical (unpaired) electrons. The van der Waals surface area contributed by atoms with Gasteiger partial charge in [-0.3, -0.25) is 20.4 Å². The van der Waals surface area contributed by atoms with E-state index in [1.807, 2.05) is 24.5 Å². The van der Waals surface area contributed by atoms with E-state index in [1.54, 1.807) is 24.5 Å². The van der Waals surface area contributed by atoms with Crippen LogP contribution in [0.2, 0.25) is 5.15 Å². The molecule has 3 aromatic rings. The van der Waals surface area contributed by atoms with E-state index in [0.717, 1.165) is 16.6 Å². The summed E-state index contributed by atoms with van der Waals surface area (Å²) in [6.07, 6.45) is 3.75. The van der Waals surface area contributed by atoms with Crippen LogP contribution in [0.15, 0.2) is 36.7 Å². The molecule has 0 aliphatic rings. The van der Waals surface area contributed by atoms with Gasteiger partial charge in [-0.05, 0) is 31.2 Å². The van der Waals surface area contributed by atoms with Crippen molar-refractivity contribution in [3.05, 3.63) is 53.2 Å². The Kier molecular flexibility index (Phi) is 5.16. The molecule has 0 unspecified atom stereocenters. The number of fused-ring (bicyclic) bond motifs is 1. The molecule has 8 heteroatoms. The topological polar surface area (TPSA) is 103 Å². The van der Waals surface area contributed by atoms with Crippen LogP contribution in [0.25, 0.3) is 10.9 Å². The van der Waals surface area contributed by atoms with E-state index in [1.165, 1.54) is 0 Å². The van der Waals surface area contributed by atoms with E-state index in [9.17, 15) is 9.59 Å². The number of amides is 2. The first-order chi connectivity index (χ1) is 10.6. The van der Waals surface area contributed by atoms with E-state index in [-0.39, 0.29) is 5.91 Å². The molecule has 0 fully saturated rings. The number of rotatable bonds is 3. The highest BCUT2D eigenvalue weighted by Crippen LogP contribution is 2.16. The van der Waals surface area contributed by atoms with Gasteiger partial charge in [-0.2, -0.15) is 0 Å². The number of aryl methyl sites for hydroxylation is 1. The first-order valence-corrected chi connectivity index (χ1v) is 6.71.